The lowest BCUT2D eigenvalue weighted by Gasteiger charge is -2.39. The maximum absolute atomic E-state index is 14.5. The number of aromatic nitrogens is 3. The molecule has 0 radical (unpaired) electrons. The van der Waals surface area contributed by atoms with Crippen LogP contribution in [0.15, 0.2) is 82.9 Å². The molecule has 5 aliphatic heterocycles. The van der Waals surface area contributed by atoms with Crippen LogP contribution in [0.2, 0.25) is 5.02 Å². The number of hydrogen-bond acceptors (Lipinski definition) is 14. The molecular formula is C62H79ClN10O7S. The Morgan fingerprint density at radius 3 is 2.32 bits per heavy atom. The summed E-state index contributed by atoms with van der Waals surface area (Å²) in [4.78, 5) is 69.2. The Morgan fingerprint density at radius 1 is 0.877 bits per heavy atom. The average molecular weight is 1140 g/mol. The number of allylic oxidation sites excluding steroid dienone is 1. The van der Waals surface area contributed by atoms with Gasteiger partial charge in [0.25, 0.3) is 5.56 Å². The highest BCUT2D eigenvalue weighted by Crippen LogP contribution is 2.52. The molecule has 432 valence electrons. The molecule has 2 amide bonds. The van der Waals surface area contributed by atoms with Crippen LogP contribution >= 0.6 is 22.9 Å². The molecule has 3 aromatic carbocycles. The number of carboxylic acid groups (broad SMARTS) is 1. The summed E-state index contributed by atoms with van der Waals surface area (Å²) in [5, 5.41) is 15.4. The molecule has 6 fully saturated rings. The van der Waals surface area contributed by atoms with Gasteiger partial charge in [-0.1, -0.05) is 92.6 Å². The van der Waals surface area contributed by atoms with E-state index < -0.39 is 18.1 Å². The summed E-state index contributed by atoms with van der Waals surface area (Å²) in [6.07, 6.45) is 18.2. The van der Waals surface area contributed by atoms with Crippen molar-refractivity contribution >= 4 is 51.6 Å². The molecule has 4 saturated heterocycles. The summed E-state index contributed by atoms with van der Waals surface area (Å²) in [6.45, 7) is 7.22. The van der Waals surface area contributed by atoms with Gasteiger partial charge < -0.3 is 40.4 Å². The predicted molar refractivity (Wildman–Crippen MR) is 315 cm³/mol. The van der Waals surface area contributed by atoms with Crippen LogP contribution in [0.5, 0.6) is 0 Å². The standard InChI is InChI=1S/C36H51N7O6S.C26H28ClN3O/c37-28(24-5-2-1-3-6-24)21-43(38)32(26-12-17-48-18-13-26)35(45)42-14-4-7-30(42)34(44)40-29(22-41-15-19-49-20-16-41)25-8-10-27(11-9-25)33-31(36(46)47)39-23-50-33;1-29-14-10-17(11-15-29)18-8-9-19-22(16-18)30-21-7-5-6-20(27)23(21)24(31)28-25(30)26(19)12-3-2-4-13-26/h8-11,21,23-24,26,29-30,32H,1-7,12-20,22,37-38H2,(H,40,44)(H,46,47);5-9,16-17H,2-4,10-15H2,1H3/b28-21-;. The zero-order chi connectivity index (χ0) is 56.2. The van der Waals surface area contributed by atoms with Crippen LogP contribution in [0.4, 0.5) is 0 Å². The molecule has 5 aromatic rings. The van der Waals surface area contributed by atoms with Gasteiger partial charge >= 0.3 is 5.97 Å². The summed E-state index contributed by atoms with van der Waals surface area (Å²) >= 11 is 7.75. The number of fused-ring (bicyclic) bond motifs is 7. The molecule has 2 aromatic heterocycles. The van der Waals surface area contributed by atoms with Gasteiger partial charge in [0.05, 0.1) is 56.7 Å². The first-order chi connectivity index (χ1) is 39.4. The quantitative estimate of drug-likeness (QED) is 0.0641. The van der Waals surface area contributed by atoms with Crippen LogP contribution in [0.25, 0.3) is 27.0 Å². The summed E-state index contributed by atoms with van der Waals surface area (Å²) in [5.41, 5.74) is 15.0. The lowest BCUT2D eigenvalue weighted by molar-refractivity contribution is -0.145. The van der Waals surface area contributed by atoms with E-state index in [4.69, 9.17) is 37.6 Å². The van der Waals surface area contributed by atoms with E-state index >= 15 is 0 Å². The number of amides is 2. The van der Waals surface area contributed by atoms with Crippen LogP contribution in [-0.4, -0.2) is 142 Å². The number of aromatic carboxylic acids is 1. The highest BCUT2D eigenvalue weighted by Gasteiger charge is 2.47. The largest absolute Gasteiger partial charge is 0.476 e. The highest BCUT2D eigenvalue weighted by molar-refractivity contribution is 7.13. The number of carbonyl (C=O) groups excluding carboxylic acids is 2. The minimum atomic E-state index is -1.07. The first kappa shape index (κ1) is 57.1. The minimum Gasteiger partial charge on any atom is -0.476 e. The molecule has 12 rings (SSSR count). The topological polar surface area (TPSA) is 215 Å². The van der Waals surface area contributed by atoms with Crippen molar-refractivity contribution in [3.05, 3.63) is 122 Å². The molecule has 81 heavy (non-hydrogen) atoms. The Balaban J connectivity index is 0.000000189. The minimum absolute atomic E-state index is 0.0197. The van der Waals surface area contributed by atoms with Crippen molar-refractivity contribution in [3.8, 4) is 16.1 Å². The molecule has 1 spiro atoms. The first-order valence-corrected chi connectivity index (χ1v) is 31.0. The molecule has 17 nitrogen and oxygen atoms in total. The van der Waals surface area contributed by atoms with E-state index in [0.29, 0.717) is 80.0 Å². The van der Waals surface area contributed by atoms with Gasteiger partial charge in [0.2, 0.25) is 11.8 Å². The van der Waals surface area contributed by atoms with Crippen molar-refractivity contribution in [2.75, 3.05) is 72.7 Å². The second-order valence-electron chi connectivity index (χ2n) is 23.6. The van der Waals surface area contributed by atoms with Crippen molar-refractivity contribution in [1.29, 1.82) is 0 Å². The third kappa shape index (κ3) is 12.1. The molecule has 3 unspecified atom stereocenters. The lowest BCUT2D eigenvalue weighted by Crippen LogP contribution is -2.57. The number of nitrogens with zero attached hydrogens (tertiary/aromatic N) is 7. The van der Waals surface area contributed by atoms with E-state index in [2.05, 4.69) is 49.9 Å². The molecule has 2 aliphatic carbocycles. The van der Waals surface area contributed by atoms with E-state index in [0.717, 1.165) is 99.3 Å². The molecular weight excluding hydrogens is 1060 g/mol. The van der Waals surface area contributed by atoms with E-state index in [1.165, 1.54) is 77.2 Å². The number of ether oxygens (including phenoxy) is 2. The number of morpholine rings is 1. The van der Waals surface area contributed by atoms with Crippen LogP contribution in [0.1, 0.15) is 148 Å². The SMILES string of the molecule is CN1CCC(c2ccc3c(c2)-n2c(nc(=O)c4c(Cl)cccc42)C32CCCCC2)CC1.N/C(=C\N(N)C(C(=O)N1CCCC1C(=O)NC(CN1CCOCC1)c1ccc(-c2scnc2C(=O)O)cc1)C1CCOCC1)C1CCCCC1. The van der Waals surface area contributed by atoms with E-state index in [1.54, 1.807) is 17.2 Å². The van der Waals surface area contributed by atoms with Crippen LogP contribution in [0, 0.1) is 11.8 Å². The number of hydrazine groups is 1. The molecule has 19 heteroatoms. The smallest absolute Gasteiger partial charge is 0.356 e. The summed E-state index contributed by atoms with van der Waals surface area (Å²) in [5.74, 6) is 7.09. The van der Waals surface area contributed by atoms with Crippen LogP contribution in [-0.2, 0) is 24.5 Å². The van der Waals surface area contributed by atoms with E-state index in [9.17, 15) is 24.3 Å². The number of carbonyl (C=O) groups is 3. The van der Waals surface area contributed by atoms with Gasteiger partial charge in [-0.15, -0.1) is 11.3 Å². The highest BCUT2D eigenvalue weighted by atomic mass is 35.5. The molecule has 3 atom stereocenters. The van der Waals surface area contributed by atoms with Gasteiger partial charge in [0, 0.05) is 51.3 Å². The summed E-state index contributed by atoms with van der Waals surface area (Å²) < 4.78 is 13.5. The summed E-state index contributed by atoms with van der Waals surface area (Å²) in [6, 6.07) is 18.9. The second kappa shape index (κ2) is 25.4. The predicted octanol–water partition coefficient (Wildman–Crippen LogP) is 8.75. The van der Waals surface area contributed by atoms with Crippen molar-refractivity contribution in [1.82, 2.24) is 39.6 Å². The maximum Gasteiger partial charge on any atom is 0.356 e. The van der Waals surface area contributed by atoms with Crippen molar-refractivity contribution < 1.29 is 29.0 Å². The van der Waals surface area contributed by atoms with Crippen molar-refractivity contribution in [2.24, 2.45) is 23.4 Å². The summed E-state index contributed by atoms with van der Waals surface area (Å²) in [7, 11) is 2.21. The molecule has 7 aliphatic rings. The maximum atomic E-state index is 14.5. The van der Waals surface area contributed by atoms with Crippen LogP contribution in [0.3, 0.4) is 0 Å². The fourth-order valence-corrected chi connectivity index (χ4v) is 15.2. The lowest BCUT2D eigenvalue weighted by atomic mass is 9.69. The fourth-order valence-electron chi connectivity index (χ4n) is 14.2. The van der Waals surface area contributed by atoms with Gasteiger partial charge in [0.15, 0.2) is 5.69 Å². The Hall–Kier alpha value is -5.73. The Bertz CT molecular complexity index is 3140. The number of hydrogen-bond donors (Lipinski definition) is 4. The number of halogens is 1. The van der Waals surface area contributed by atoms with E-state index in [-0.39, 0.29) is 46.4 Å². The van der Waals surface area contributed by atoms with E-state index in [1.807, 2.05) is 36.4 Å². The van der Waals surface area contributed by atoms with Gasteiger partial charge in [-0.3, -0.25) is 23.9 Å². The van der Waals surface area contributed by atoms with Crippen molar-refractivity contribution in [3.63, 3.8) is 0 Å². The number of rotatable bonds is 13. The van der Waals surface area contributed by atoms with Gasteiger partial charge in [0.1, 0.15) is 17.9 Å². The number of likely N-dealkylation sites (tertiary alicyclic amines) is 2. The number of nitrogens with one attached hydrogen (secondary N) is 1. The van der Waals surface area contributed by atoms with Gasteiger partial charge in [-0.05, 0) is 143 Å². The Labute approximate surface area is 484 Å². The molecule has 6 N–H and O–H groups in total. The Kier molecular flexibility index (Phi) is 17.9. The number of carboxylic acids is 1. The zero-order valence-corrected chi connectivity index (χ0v) is 48.3. The molecule has 7 heterocycles. The van der Waals surface area contributed by atoms with Crippen LogP contribution < -0.4 is 22.5 Å². The zero-order valence-electron chi connectivity index (χ0n) is 46.7. The third-order valence-corrected chi connectivity index (χ3v) is 19.9. The monoisotopic (exact) mass is 1140 g/mol. The number of nitrogens with two attached hydrogens (primary N) is 2. The fraction of sp³-hybridized carbons (Fsp3) is 0.548. The number of thiazole rings is 1. The Morgan fingerprint density at radius 2 is 1.59 bits per heavy atom. The van der Waals surface area contributed by atoms with Crippen molar-refractivity contribution in [2.45, 2.75) is 132 Å². The van der Waals surface area contributed by atoms with Gasteiger partial charge in [-0.25, -0.2) is 15.6 Å². The number of benzene rings is 3. The average Bonchev–Trinajstić information content (AvgIpc) is 3.16. The molecule has 2 saturated carbocycles. The normalized spacial score (nSPS) is 21.9. The van der Waals surface area contributed by atoms with Gasteiger partial charge in [-0.2, -0.15) is 4.98 Å². The first-order valence-electron chi connectivity index (χ1n) is 29.7. The second-order valence-corrected chi connectivity index (χ2v) is 24.9. The number of piperidine rings is 1. The third-order valence-electron chi connectivity index (χ3n) is 18.7. The molecule has 0 bridgehead atoms.